The summed E-state index contributed by atoms with van der Waals surface area (Å²) >= 11 is 13.1. The van der Waals surface area contributed by atoms with Crippen LogP contribution in [0.15, 0.2) is 40.8 Å². The SMILES string of the molecule is O=C(CCn1cnc2sccc2c1=O)OCC(=O)c1ccc(Cl)cc1Cl. The molecule has 134 valence electrons. The summed E-state index contributed by atoms with van der Waals surface area (Å²) < 4.78 is 6.31. The zero-order valence-corrected chi connectivity index (χ0v) is 15.6. The number of benzene rings is 1. The highest BCUT2D eigenvalue weighted by Gasteiger charge is 2.14. The van der Waals surface area contributed by atoms with E-state index in [1.54, 1.807) is 11.4 Å². The summed E-state index contributed by atoms with van der Waals surface area (Å²) in [5.41, 5.74) is 0.0141. The maximum absolute atomic E-state index is 12.2. The van der Waals surface area contributed by atoms with Crippen LogP contribution in [0, 0.1) is 0 Å². The maximum atomic E-state index is 12.2. The molecule has 0 atom stereocenters. The molecule has 2 heterocycles. The number of hydrogen-bond acceptors (Lipinski definition) is 6. The van der Waals surface area contributed by atoms with E-state index >= 15 is 0 Å². The summed E-state index contributed by atoms with van der Waals surface area (Å²) in [4.78, 5) is 40.9. The Kier molecular flexibility index (Phi) is 5.70. The predicted molar refractivity (Wildman–Crippen MR) is 100 cm³/mol. The number of nitrogens with zero attached hydrogens (tertiary/aromatic N) is 2. The van der Waals surface area contributed by atoms with Gasteiger partial charge in [0.25, 0.3) is 5.56 Å². The van der Waals surface area contributed by atoms with Gasteiger partial charge in [-0.25, -0.2) is 4.98 Å². The standard InChI is InChI=1S/C17H12Cl2N2O4S/c18-10-1-2-11(13(19)7-10)14(22)8-25-15(23)3-5-21-9-20-16-12(17(21)24)4-6-26-16/h1-2,4,6-7,9H,3,5,8H2. The molecule has 1 aromatic carbocycles. The highest BCUT2D eigenvalue weighted by atomic mass is 35.5. The maximum Gasteiger partial charge on any atom is 0.308 e. The van der Waals surface area contributed by atoms with Crippen LogP contribution < -0.4 is 5.56 Å². The predicted octanol–water partition coefficient (Wildman–Crippen LogP) is 3.58. The minimum absolute atomic E-state index is 0.0567. The van der Waals surface area contributed by atoms with Crippen LogP contribution in [0.4, 0.5) is 0 Å². The van der Waals surface area contributed by atoms with E-state index in [9.17, 15) is 14.4 Å². The van der Waals surface area contributed by atoms with Gasteiger partial charge in [0.2, 0.25) is 5.78 Å². The quantitative estimate of drug-likeness (QED) is 0.458. The molecule has 0 saturated heterocycles. The second-order valence-electron chi connectivity index (χ2n) is 5.34. The smallest absolute Gasteiger partial charge is 0.308 e. The number of carbonyl (C=O) groups excluding carboxylic acids is 2. The highest BCUT2D eigenvalue weighted by Crippen LogP contribution is 2.21. The molecule has 2 aromatic heterocycles. The molecule has 0 fully saturated rings. The Balaban J connectivity index is 1.56. The molecule has 0 saturated carbocycles. The van der Waals surface area contributed by atoms with Crippen LogP contribution >= 0.6 is 34.5 Å². The summed E-state index contributed by atoms with van der Waals surface area (Å²) in [5, 5.41) is 2.90. The van der Waals surface area contributed by atoms with Crippen molar-refractivity contribution in [2.75, 3.05) is 6.61 Å². The van der Waals surface area contributed by atoms with Crippen molar-refractivity contribution < 1.29 is 14.3 Å². The Morgan fingerprint density at radius 2 is 2.04 bits per heavy atom. The zero-order valence-electron chi connectivity index (χ0n) is 13.3. The van der Waals surface area contributed by atoms with E-state index in [2.05, 4.69) is 4.98 Å². The number of hydrogen-bond donors (Lipinski definition) is 0. The van der Waals surface area contributed by atoms with Gasteiger partial charge >= 0.3 is 5.97 Å². The Labute approximate surface area is 161 Å². The first-order chi connectivity index (χ1) is 12.5. The number of fused-ring (bicyclic) bond motifs is 1. The van der Waals surface area contributed by atoms with Crippen molar-refractivity contribution >= 4 is 56.5 Å². The molecule has 0 amide bonds. The molecule has 0 N–H and O–H groups in total. The third-order valence-corrected chi connectivity index (χ3v) is 4.97. The van der Waals surface area contributed by atoms with Crippen LogP contribution in [0.25, 0.3) is 10.2 Å². The van der Waals surface area contributed by atoms with Crippen LogP contribution in [-0.4, -0.2) is 27.9 Å². The van der Waals surface area contributed by atoms with Gasteiger partial charge in [0, 0.05) is 17.1 Å². The van der Waals surface area contributed by atoms with Crippen molar-refractivity contribution in [1.29, 1.82) is 0 Å². The van der Waals surface area contributed by atoms with E-state index in [0.717, 1.165) is 0 Å². The van der Waals surface area contributed by atoms with E-state index < -0.39 is 18.4 Å². The number of thiophene rings is 1. The average Bonchev–Trinajstić information content (AvgIpc) is 3.08. The molecule has 0 aliphatic rings. The lowest BCUT2D eigenvalue weighted by molar-refractivity contribution is -0.142. The monoisotopic (exact) mass is 410 g/mol. The Hall–Kier alpha value is -2.22. The lowest BCUT2D eigenvalue weighted by Crippen LogP contribution is -2.22. The fraction of sp³-hybridized carbons (Fsp3) is 0.176. The van der Waals surface area contributed by atoms with Crippen LogP contribution in [0.1, 0.15) is 16.8 Å². The minimum Gasteiger partial charge on any atom is -0.457 e. The van der Waals surface area contributed by atoms with Crippen LogP contribution in [0.2, 0.25) is 10.0 Å². The number of Topliss-reactive ketones (excluding diaryl/α,β-unsaturated/α-hetero) is 1. The van der Waals surface area contributed by atoms with E-state index in [1.165, 1.54) is 40.4 Å². The molecule has 0 spiro atoms. The fourth-order valence-electron chi connectivity index (χ4n) is 2.28. The Morgan fingerprint density at radius 1 is 1.23 bits per heavy atom. The van der Waals surface area contributed by atoms with Crippen LogP contribution in [0.3, 0.4) is 0 Å². The van der Waals surface area contributed by atoms with Gasteiger partial charge in [0.15, 0.2) is 6.61 Å². The third-order valence-electron chi connectivity index (χ3n) is 3.60. The van der Waals surface area contributed by atoms with E-state index in [0.29, 0.717) is 15.2 Å². The number of aromatic nitrogens is 2. The molecule has 0 radical (unpaired) electrons. The number of halogens is 2. The number of rotatable bonds is 6. The molecule has 9 heteroatoms. The van der Waals surface area contributed by atoms with Crippen molar-refractivity contribution in [2.45, 2.75) is 13.0 Å². The topological polar surface area (TPSA) is 78.3 Å². The largest absolute Gasteiger partial charge is 0.457 e. The van der Waals surface area contributed by atoms with E-state index in [-0.39, 0.29) is 29.1 Å². The van der Waals surface area contributed by atoms with Crippen LogP contribution in [0.5, 0.6) is 0 Å². The van der Waals surface area contributed by atoms with Gasteiger partial charge in [-0.2, -0.15) is 0 Å². The lowest BCUT2D eigenvalue weighted by atomic mass is 10.1. The zero-order chi connectivity index (χ0) is 18.7. The Morgan fingerprint density at radius 3 is 2.81 bits per heavy atom. The van der Waals surface area contributed by atoms with E-state index in [4.69, 9.17) is 27.9 Å². The van der Waals surface area contributed by atoms with Crippen molar-refractivity contribution in [2.24, 2.45) is 0 Å². The first-order valence-electron chi connectivity index (χ1n) is 7.52. The fourth-order valence-corrected chi connectivity index (χ4v) is 3.51. The molecular formula is C17H12Cl2N2O4S. The van der Waals surface area contributed by atoms with E-state index in [1.807, 2.05) is 0 Å². The first-order valence-corrected chi connectivity index (χ1v) is 9.16. The van der Waals surface area contributed by atoms with Gasteiger partial charge in [-0.3, -0.25) is 19.0 Å². The summed E-state index contributed by atoms with van der Waals surface area (Å²) in [5.74, 6) is -1.03. The first kappa shape index (κ1) is 18.6. The average molecular weight is 411 g/mol. The number of aryl methyl sites for hydroxylation is 1. The summed E-state index contributed by atoms with van der Waals surface area (Å²) in [6.07, 6.45) is 1.34. The van der Waals surface area contributed by atoms with Crippen molar-refractivity contribution in [3.05, 3.63) is 61.9 Å². The second kappa shape index (κ2) is 7.99. The normalized spacial score (nSPS) is 10.8. The van der Waals surface area contributed by atoms with Gasteiger partial charge in [-0.05, 0) is 29.6 Å². The van der Waals surface area contributed by atoms with Gasteiger partial charge in [0.05, 0.1) is 23.2 Å². The van der Waals surface area contributed by atoms with Gasteiger partial charge in [-0.1, -0.05) is 23.2 Å². The molecule has 0 bridgehead atoms. The molecule has 26 heavy (non-hydrogen) atoms. The molecule has 6 nitrogen and oxygen atoms in total. The number of ether oxygens (including phenoxy) is 1. The summed E-state index contributed by atoms with van der Waals surface area (Å²) in [7, 11) is 0. The molecule has 0 aliphatic carbocycles. The highest BCUT2D eigenvalue weighted by molar-refractivity contribution is 7.16. The lowest BCUT2D eigenvalue weighted by Gasteiger charge is -2.07. The number of carbonyl (C=O) groups is 2. The molecule has 3 aromatic rings. The molecule has 3 rings (SSSR count). The number of esters is 1. The van der Waals surface area contributed by atoms with Crippen molar-refractivity contribution in [1.82, 2.24) is 9.55 Å². The van der Waals surface area contributed by atoms with Crippen LogP contribution in [-0.2, 0) is 16.1 Å². The number of ketones is 1. The van der Waals surface area contributed by atoms with Gasteiger partial charge < -0.3 is 4.74 Å². The minimum atomic E-state index is -0.597. The molecule has 0 unspecified atom stereocenters. The summed E-state index contributed by atoms with van der Waals surface area (Å²) in [6, 6.07) is 6.14. The second-order valence-corrected chi connectivity index (χ2v) is 7.08. The third kappa shape index (κ3) is 4.12. The van der Waals surface area contributed by atoms with Gasteiger partial charge in [-0.15, -0.1) is 11.3 Å². The van der Waals surface area contributed by atoms with Crippen molar-refractivity contribution in [3.63, 3.8) is 0 Å². The Bertz CT molecular complexity index is 1040. The van der Waals surface area contributed by atoms with Crippen molar-refractivity contribution in [3.8, 4) is 0 Å². The van der Waals surface area contributed by atoms with Gasteiger partial charge in [0.1, 0.15) is 4.83 Å². The molecule has 0 aliphatic heterocycles. The molecular weight excluding hydrogens is 399 g/mol. The summed E-state index contributed by atoms with van der Waals surface area (Å²) in [6.45, 7) is -0.316.